The number of halogens is 1. The number of methoxy groups -OCH3 is 1. The summed E-state index contributed by atoms with van der Waals surface area (Å²) in [5.41, 5.74) is 1.98. The van der Waals surface area contributed by atoms with Gasteiger partial charge in [0, 0.05) is 12.6 Å². The molecule has 2 heterocycles. The second-order valence-electron chi connectivity index (χ2n) is 9.45. The van der Waals surface area contributed by atoms with E-state index in [1.54, 1.807) is 6.07 Å². The third-order valence-electron chi connectivity index (χ3n) is 6.85. The highest BCUT2D eigenvalue weighted by Gasteiger charge is 2.52. The van der Waals surface area contributed by atoms with Crippen LogP contribution in [0.3, 0.4) is 0 Å². The first-order valence-corrected chi connectivity index (χ1v) is 11.0. The van der Waals surface area contributed by atoms with E-state index in [0.717, 1.165) is 30.3 Å². The van der Waals surface area contributed by atoms with Crippen molar-refractivity contribution in [1.29, 1.82) is 0 Å². The Morgan fingerprint density at radius 2 is 2.12 bits per heavy atom. The molecule has 170 valence electrons. The van der Waals surface area contributed by atoms with Gasteiger partial charge in [0.2, 0.25) is 0 Å². The summed E-state index contributed by atoms with van der Waals surface area (Å²) in [6.45, 7) is 10.6. The molecule has 1 saturated heterocycles. The molecule has 0 N–H and O–H groups in total. The van der Waals surface area contributed by atoms with Crippen LogP contribution in [0, 0.1) is 17.8 Å². The predicted octanol–water partition coefficient (Wildman–Crippen LogP) is 5.71. The number of carbonyl (C=O) groups excluding carboxylic acids is 1. The van der Waals surface area contributed by atoms with Crippen molar-refractivity contribution in [2.45, 2.75) is 44.8 Å². The predicted molar refractivity (Wildman–Crippen MR) is 122 cm³/mol. The van der Waals surface area contributed by atoms with Crippen molar-refractivity contribution >= 4 is 28.5 Å². The standard InChI is InChI=1S/C25H25FN4O3/c1-24(14-29-16-28-19-7-6-18(27-2)12-20(19)29)9-4-10-25(13-24)15-30(23(31)33-25)21-11-17(26)5-8-22(21)32-3/h5-8,11-12,16H,4,9-10,13-15H2,1,3H3/t24-,25-/m0/s1. The zero-order valence-electron chi connectivity index (χ0n) is 18.7. The van der Waals surface area contributed by atoms with E-state index in [1.807, 2.05) is 18.5 Å². The van der Waals surface area contributed by atoms with Crippen molar-refractivity contribution in [3.8, 4) is 5.75 Å². The van der Waals surface area contributed by atoms with Crippen molar-refractivity contribution in [2.75, 3.05) is 18.6 Å². The fraction of sp³-hybridized carbons (Fsp3) is 0.400. The molecule has 0 unspecified atom stereocenters. The number of anilines is 1. The molecule has 33 heavy (non-hydrogen) atoms. The van der Waals surface area contributed by atoms with Gasteiger partial charge < -0.3 is 14.0 Å². The molecule has 1 aliphatic heterocycles. The van der Waals surface area contributed by atoms with Crippen molar-refractivity contribution in [3.05, 3.63) is 60.0 Å². The minimum atomic E-state index is -0.639. The lowest BCUT2D eigenvalue weighted by atomic mass is 9.68. The van der Waals surface area contributed by atoms with Crippen LogP contribution >= 0.6 is 0 Å². The maximum atomic E-state index is 14.0. The summed E-state index contributed by atoms with van der Waals surface area (Å²) in [7, 11) is 1.50. The number of hydrogen-bond donors (Lipinski definition) is 0. The molecule has 8 heteroatoms. The Kier molecular flexibility index (Phi) is 5.00. The Morgan fingerprint density at radius 1 is 1.27 bits per heavy atom. The van der Waals surface area contributed by atoms with Crippen molar-refractivity contribution in [3.63, 3.8) is 0 Å². The third-order valence-corrected chi connectivity index (χ3v) is 6.85. The van der Waals surface area contributed by atoms with E-state index in [0.29, 0.717) is 36.6 Å². The van der Waals surface area contributed by atoms with E-state index in [-0.39, 0.29) is 5.41 Å². The van der Waals surface area contributed by atoms with Crippen LogP contribution in [0.1, 0.15) is 32.6 Å². The van der Waals surface area contributed by atoms with Crippen LogP contribution in [-0.2, 0) is 11.3 Å². The van der Waals surface area contributed by atoms with Crippen LogP contribution < -0.4 is 9.64 Å². The average Bonchev–Trinajstić information content (AvgIpc) is 3.32. The summed E-state index contributed by atoms with van der Waals surface area (Å²) >= 11 is 0. The molecular weight excluding hydrogens is 423 g/mol. The Labute approximate surface area is 191 Å². The fourth-order valence-electron chi connectivity index (χ4n) is 5.48. The Bertz CT molecular complexity index is 1280. The molecule has 2 atom stereocenters. The number of imidazole rings is 1. The van der Waals surface area contributed by atoms with Crippen LogP contribution in [0.2, 0.25) is 0 Å². The molecule has 5 rings (SSSR count). The van der Waals surface area contributed by atoms with E-state index in [9.17, 15) is 9.18 Å². The molecule has 0 radical (unpaired) electrons. The molecule has 2 aliphatic rings. The lowest BCUT2D eigenvalue weighted by Crippen LogP contribution is -2.45. The first-order chi connectivity index (χ1) is 15.8. The van der Waals surface area contributed by atoms with Gasteiger partial charge >= 0.3 is 6.09 Å². The smallest absolute Gasteiger partial charge is 0.415 e. The van der Waals surface area contributed by atoms with E-state index < -0.39 is 17.5 Å². The lowest BCUT2D eigenvalue weighted by molar-refractivity contribution is -0.0264. The highest BCUT2D eigenvalue weighted by molar-refractivity contribution is 5.92. The second-order valence-corrected chi connectivity index (χ2v) is 9.45. The van der Waals surface area contributed by atoms with Crippen LogP contribution in [0.4, 0.5) is 20.6 Å². The summed E-state index contributed by atoms with van der Waals surface area (Å²) in [6.07, 6.45) is 4.68. The number of amides is 1. The first kappa shape index (κ1) is 21.3. The van der Waals surface area contributed by atoms with E-state index in [2.05, 4.69) is 21.3 Å². The molecule has 7 nitrogen and oxygen atoms in total. The van der Waals surface area contributed by atoms with E-state index >= 15 is 0 Å². The number of carbonyl (C=O) groups is 1. The molecule has 1 amide bonds. The minimum absolute atomic E-state index is 0.137. The molecule has 1 aliphatic carbocycles. The monoisotopic (exact) mass is 448 g/mol. The van der Waals surface area contributed by atoms with Crippen molar-refractivity contribution in [1.82, 2.24) is 9.55 Å². The molecule has 1 spiro atoms. The Hall–Kier alpha value is -3.60. The van der Waals surface area contributed by atoms with Gasteiger partial charge in [0.1, 0.15) is 17.2 Å². The van der Waals surface area contributed by atoms with Gasteiger partial charge in [0.15, 0.2) is 5.69 Å². The van der Waals surface area contributed by atoms with Gasteiger partial charge in [0.05, 0.1) is 43.3 Å². The van der Waals surface area contributed by atoms with Gasteiger partial charge in [-0.3, -0.25) is 4.90 Å². The summed E-state index contributed by atoms with van der Waals surface area (Å²) in [4.78, 5) is 22.4. The van der Waals surface area contributed by atoms with Gasteiger partial charge in [0.25, 0.3) is 0 Å². The highest BCUT2D eigenvalue weighted by atomic mass is 19.1. The number of hydrogen-bond acceptors (Lipinski definition) is 4. The van der Waals surface area contributed by atoms with Crippen LogP contribution in [-0.4, -0.2) is 34.9 Å². The summed E-state index contributed by atoms with van der Waals surface area (Å²) in [5, 5.41) is 0. The molecule has 2 aromatic carbocycles. The Balaban J connectivity index is 1.41. The van der Waals surface area contributed by atoms with Crippen molar-refractivity contribution < 1.29 is 18.7 Å². The fourth-order valence-corrected chi connectivity index (χ4v) is 5.48. The summed E-state index contributed by atoms with van der Waals surface area (Å²) in [5.74, 6) is 0.00303. The molecule has 1 saturated carbocycles. The quantitative estimate of drug-likeness (QED) is 0.480. The number of rotatable bonds is 4. The minimum Gasteiger partial charge on any atom is -0.495 e. The molecule has 3 aromatic rings. The maximum absolute atomic E-state index is 14.0. The van der Waals surface area contributed by atoms with Gasteiger partial charge in [-0.05, 0) is 55.4 Å². The van der Waals surface area contributed by atoms with Crippen LogP contribution in [0.5, 0.6) is 5.75 Å². The lowest BCUT2D eigenvalue weighted by Gasteiger charge is -2.43. The number of benzene rings is 2. The van der Waals surface area contributed by atoms with E-state index in [1.165, 1.54) is 30.2 Å². The van der Waals surface area contributed by atoms with Crippen molar-refractivity contribution in [2.24, 2.45) is 5.41 Å². The van der Waals surface area contributed by atoms with Gasteiger partial charge in [-0.1, -0.05) is 13.0 Å². The summed E-state index contributed by atoms with van der Waals surface area (Å²) in [6, 6.07) is 9.66. The summed E-state index contributed by atoms with van der Waals surface area (Å²) < 4.78 is 27.4. The molecule has 1 aromatic heterocycles. The average molecular weight is 448 g/mol. The highest BCUT2D eigenvalue weighted by Crippen LogP contribution is 2.48. The van der Waals surface area contributed by atoms with Gasteiger partial charge in [-0.15, -0.1) is 0 Å². The maximum Gasteiger partial charge on any atom is 0.415 e. The molecule has 0 bridgehead atoms. The zero-order valence-corrected chi connectivity index (χ0v) is 18.7. The van der Waals surface area contributed by atoms with Crippen LogP contribution in [0.25, 0.3) is 15.9 Å². The number of aromatic nitrogens is 2. The van der Waals surface area contributed by atoms with Crippen LogP contribution in [0.15, 0.2) is 42.7 Å². The SMILES string of the molecule is [C-]#[N+]c1ccc2ncn(C[C@@]3(C)CCC[C@@]4(CN(c5cc(F)ccc5OC)C(=O)O4)C3)c2c1. The molecule has 2 fully saturated rings. The zero-order chi connectivity index (χ0) is 23.2. The van der Waals surface area contributed by atoms with Gasteiger partial charge in [-0.25, -0.2) is 19.0 Å². The second kappa shape index (κ2) is 7.77. The van der Waals surface area contributed by atoms with Gasteiger partial charge in [-0.2, -0.15) is 0 Å². The first-order valence-electron chi connectivity index (χ1n) is 11.0. The topological polar surface area (TPSA) is 61.0 Å². The largest absolute Gasteiger partial charge is 0.495 e. The molecular formula is C25H25FN4O3. The number of nitrogens with zero attached hydrogens (tertiary/aromatic N) is 4. The Morgan fingerprint density at radius 3 is 2.91 bits per heavy atom. The third kappa shape index (κ3) is 3.78. The number of ether oxygens (including phenoxy) is 2. The number of fused-ring (bicyclic) bond motifs is 1. The normalized spacial score (nSPS) is 24.8. The van der Waals surface area contributed by atoms with E-state index in [4.69, 9.17) is 16.0 Å².